The predicted octanol–water partition coefficient (Wildman–Crippen LogP) is 1.73. The second-order valence-corrected chi connectivity index (χ2v) is 5.13. The minimum atomic E-state index is 0.172. The van der Waals surface area contributed by atoms with Gasteiger partial charge in [0, 0.05) is 25.6 Å². The van der Waals surface area contributed by atoms with Gasteiger partial charge in [-0.3, -0.25) is 9.69 Å². The van der Waals surface area contributed by atoms with Crippen molar-refractivity contribution in [3.8, 4) is 0 Å². The fourth-order valence-electron chi connectivity index (χ4n) is 2.88. The van der Waals surface area contributed by atoms with E-state index in [4.69, 9.17) is 5.11 Å². The standard InChI is InChI=1S/C13H23NO2/c15-10-4-9-14(11-5-3-6-11)12-7-1-2-8-13(12)16/h11-12,15H,1-10H2. The fraction of sp³-hybridized carbons (Fsp3) is 0.923. The second-order valence-electron chi connectivity index (χ2n) is 5.13. The molecule has 1 atom stereocenters. The van der Waals surface area contributed by atoms with E-state index in [1.165, 1.54) is 25.7 Å². The zero-order chi connectivity index (χ0) is 11.4. The van der Waals surface area contributed by atoms with Gasteiger partial charge in [-0.05, 0) is 32.1 Å². The molecule has 0 aromatic carbocycles. The molecule has 0 heterocycles. The zero-order valence-corrected chi connectivity index (χ0v) is 10.0. The summed E-state index contributed by atoms with van der Waals surface area (Å²) in [7, 11) is 0. The number of hydrogen-bond acceptors (Lipinski definition) is 3. The lowest BCUT2D eigenvalue weighted by molar-refractivity contribution is -0.128. The number of hydrogen-bond donors (Lipinski definition) is 1. The van der Waals surface area contributed by atoms with E-state index in [-0.39, 0.29) is 12.6 Å². The van der Waals surface area contributed by atoms with E-state index in [9.17, 15) is 4.79 Å². The van der Waals surface area contributed by atoms with Gasteiger partial charge in [0.05, 0.1) is 6.04 Å². The summed E-state index contributed by atoms with van der Waals surface area (Å²) in [5.74, 6) is 0.441. The van der Waals surface area contributed by atoms with Crippen molar-refractivity contribution in [3.05, 3.63) is 0 Å². The summed E-state index contributed by atoms with van der Waals surface area (Å²) < 4.78 is 0. The summed E-state index contributed by atoms with van der Waals surface area (Å²) >= 11 is 0. The minimum absolute atomic E-state index is 0.172. The number of rotatable bonds is 5. The van der Waals surface area contributed by atoms with Gasteiger partial charge in [-0.2, -0.15) is 0 Å². The second kappa shape index (κ2) is 5.78. The highest BCUT2D eigenvalue weighted by molar-refractivity contribution is 5.84. The number of aliphatic hydroxyl groups is 1. The first kappa shape index (κ1) is 12.1. The SMILES string of the molecule is O=C1CCCCC1N(CCCO)C1CCC1. The van der Waals surface area contributed by atoms with Crippen LogP contribution in [0, 0.1) is 0 Å². The van der Waals surface area contributed by atoms with E-state index in [0.717, 1.165) is 32.2 Å². The molecule has 2 aliphatic carbocycles. The molecule has 3 heteroatoms. The molecule has 0 amide bonds. The molecule has 0 aromatic heterocycles. The topological polar surface area (TPSA) is 40.5 Å². The van der Waals surface area contributed by atoms with E-state index >= 15 is 0 Å². The first-order valence-electron chi connectivity index (χ1n) is 6.72. The molecule has 1 N–H and O–H groups in total. The molecule has 16 heavy (non-hydrogen) atoms. The molecule has 0 spiro atoms. The Balaban J connectivity index is 1.95. The van der Waals surface area contributed by atoms with Crippen LogP contribution >= 0.6 is 0 Å². The van der Waals surface area contributed by atoms with Crippen LogP contribution in [0.3, 0.4) is 0 Å². The number of nitrogens with zero attached hydrogens (tertiary/aromatic N) is 1. The Morgan fingerprint density at radius 3 is 2.56 bits per heavy atom. The molecule has 2 fully saturated rings. The number of Topliss-reactive ketones (excluding diaryl/α,β-unsaturated/α-hetero) is 1. The normalized spacial score (nSPS) is 27.1. The van der Waals surface area contributed by atoms with Gasteiger partial charge in [-0.25, -0.2) is 0 Å². The number of carbonyl (C=O) groups is 1. The third-order valence-electron chi connectivity index (χ3n) is 4.04. The van der Waals surface area contributed by atoms with Crippen molar-refractivity contribution in [1.29, 1.82) is 0 Å². The van der Waals surface area contributed by atoms with E-state index in [1.807, 2.05) is 0 Å². The average Bonchev–Trinajstić information content (AvgIpc) is 2.22. The molecule has 0 bridgehead atoms. The summed E-state index contributed by atoms with van der Waals surface area (Å²) in [6.07, 6.45) is 8.69. The van der Waals surface area contributed by atoms with Crippen LogP contribution in [0.25, 0.3) is 0 Å². The van der Waals surface area contributed by atoms with Crippen LogP contribution in [-0.2, 0) is 4.79 Å². The van der Waals surface area contributed by atoms with Gasteiger partial charge in [0.2, 0.25) is 0 Å². The molecule has 2 saturated carbocycles. The highest BCUT2D eigenvalue weighted by atomic mass is 16.3. The van der Waals surface area contributed by atoms with Crippen LogP contribution < -0.4 is 0 Å². The summed E-state index contributed by atoms with van der Waals surface area (Å²) in [6, 6.07) is 0.796. The first-order chi connectivity index (χ1) is 7.83. The van der Waals surface area contributed by atoms with Gasteiger partial charge in [-0.15, -0.1) is 0 Å². The number of aliphatic hydroxyl groups excluding tert-OH is 1. The molecule has 0 saturated heterocycles. The summed E-state index contributed by atoms with van der Waals surface area (Å²) in [5, 5.41) is 8.94. The molecule has 0 aliphatic heterocycles. The van der Waals surface area contributed by atoms with E-state index in [2.05, 4.69) is 4.90 Å². The van der Waals surface area contributed by atoms with Crippen molar-refractivity contribution in [3.63, 3.8) is 0 Å². The Morgan fingerprint density at radius 2 is 2.00 bits per heavy atom. The maximum atomic E-state index is 11.9. The Labute approximate surface area is 97.8 Å². The Morgan fingerprint density at radius 1 is 1.19 bits per heavy atom. The third kappa shape index (κ3) is 2.64. The lowest BCUT2D eigenvalue weighted by Gasteiger charge is -2.43. The Bertz CT molecular complexity index is 238. The monoisotopic (exact) mass is 225 g/mol. The number of carbonyl (C=O) groups excluding carboxylic acids is 1. The Kier molecular flexibility index (Phi) is 4.36. The lowest BCUT2D eigenvalue weighted by Crippen LogP contribution is -2.51. The van der Waals surface area contributed by atoms with Crippen LogP contribution in [0.1, 0.15) is 51.4 Å². The first-order valence-corrected chi connectivity index (χ1v) is 6.72. The molecule has 0 aromatic rings. The van der Waals surface area contributed by atoms with Gasteiger partial charge >= 0.3 is 0 Å². The van der Waals surface area contributed by atoms with E-state index in [0.29, 0.717) is 11.8 Å². The quantitative estimate of drug-likeness (QED) is 0.774. The van der Waals surface area contributed by atoms with Gasteiger partial charge in [0.1, 0.15) is 5.78 Å². The smallest absolute Gasteiger partial charge is 0.149 e. The van der Waals surface area contributed by atoms with Crippen LogP contribution in [0.4, 0.5) is 0 Å². The van der Waals surface area contributed by atoms with Crippen molar-refractivity contribution >= 4 is 5.78 Å². The number of ketones is 1. The Hall–Kier alpha value is -0.410. The van der Waals surface area contributed by atoms with Crippen molar-refractivity contribution in [1.82, 2.24) is 4.90 Å². The van der Waals surface area contributed by atoms with Crippen molar-refractivity contribution in [2.45, 2.75) is 63.5 Å². The molecule has 0 radical (unpaired) electrons. The molecular formula is C13H23NO2. The van der Waals surface area contributed by atoms with Crippen LogP contribution in [-0.4, -0.2) is 41.0 Å². The molecule has 92 valence electrons. The third-order valence-corrected chi connectivity index (χ3v) is 4.04. The largest absolute Gasteiger partial charge is 0.396 e. The molecule has 2 aliphatic rings. The highest BCUT2D eigenvalue weighted by Crippen LogP contribution is 2.30. The van der Waals surface area contributed by atoms with Gasteiger partial charge in [0.25, 0.3) is 0 Å². The van der Waals surface area contributed by atoms with Crippen molar-refractivity contribution < 1.29 is 9.90 Å². The van der Waals surface area contributed by atoms with Crippen LogP contribution in [0.5, 0.6) is 0 Å². The van der Waals surface area contributed by atoms with E-state index in [1.54, 1.807) is 0 Å². The molecular weight excluding hydrogens is 202 g/mol. The molecule has 2 rings (SSSR count). The van der Waals surface area contributed by atoms with E-state index < -0.39 is 0 Å². The summed E-state index contributed by atoms with van der Waals surface area (Å²) in [6.45, 7) is 1.14. The maximum absolute atomic E-state index is 11.9. The molecule has 3 nitrogen and oxygen atoms in total. The van der Waals surface area contributed by atoms with Gasteiger partial charge < -0.3 is 5.11 Å². The van der Waals surface area contributed by atoms with Gasteiger partial charge in [0.15, 0.2) is 0 Å². The predicted molar refractivity (Wildman–Crippen MR) is 63.3 cm³/mol. The molecule has 1 unspecified atom stereocenters. The van der Waals surface area contributed by atoms with Crippen LogP contribution in [0.2, 0.25) is 0 Å². The fourth-order valence-corrected chi connectivity index (χ4v) is 2.88. The maximum Gasteiger partial charge on any atom is 0.149 e. The zero-order valence-electron chi connectivity index (χ0n) is 10.0. The van der Waals surface area contributed by atoms with Crippen molar-refractivity contribution in [2.75, 3.05) is 13.2 Å². The summed E-state index contributed by atoms with van der Waals surface area (Å²) in [4.78, 5) is 14.3. The van der Waals surface area contributed by atoms with Gasteiger partial charge in [-0.1, -0.05) is 12.8 Å². The minimum Gasteiger partial charge on any atom is -0.396 e. The highest BCUT2D eigenvalue weighted by Gasteiger charge is 2.34. The van der Waals surface area contributed by atoms with Crippen molar-refractivity contribution in [2.24, 2.45) is 0 Å². The average molecular weight is 225 g/mol. The summed E-state index contributed by atoms with van der Waals surface area (Å²) in [5.41, 5.74) is 0. The van der Waals surface area contributed by atoms with Crippen LogP contribution in [0.15, 0.2) is 0 Å². The lowest BCUT2D eigenvalue weighted by atomic mass is 9.86.